The molecule has 0 saturated carbocycles. The molecule has 1 saturated heterocycles. The summed E-state index contributed by atoms with van der Waals surface area (Å²) in [5.74, 6) is 0. The van der Waals surface area contributed by atoms with Crippen molar-refractivity contribution in [2.45, 2.75) is 17.5 Å². The van der Waals surface area contributed by atoms with Crippen molar-refractivity contribution >= 4 is 35.0 Å². The molecule has 1 aromatic rings. The van der Waals surface area contributed by atoms with E-state index in [1.807, 2.05) is 30.0 Å². The van der Waals surface area contributed by atoms with Crippen molar-refractivity contribution in [3.05, 3.63) is 33.8 Å². The molecular weight excluding hydrogens is 237 g/mol. The minimum absolute atomic E-state index is 0.288. The van der Waals surface area contributed by atoms with Crippen LogP contribution in [0.2, 0.25) is 10.0 Å². The van der Waals surface area contributed by atoms with Crippen molar-refractivity contribution in [3.63, 3.8) is 0 Å². The molecule has 0 spiro atoms. The second-order valence-electron chi connectivity index (χ2n) is 3.40. The lowest BCUT2D eigenvalue weighted by molar-refractivity contribution is 0.718. The lowest BCUT2D eigenvalue weighted by Crippen LogP contribution is -2.14. The van der Waals surface area contributed by atoms with Crippen molar-refractivity contribution in [2.24, 2.45) is 0 Å². The highest BCUT2D eigenvalue weighted by Crippen LogP contribution is 2.38. The van der Waals surface area contributed by atoms with Gasteiger partial charge in [0.05, 0.1) is 5.37 Å². The summed E-state index contributed by atoms with van der Waals surface area (Å²) in [7, 11) is 0. The van der Waals surface area contributed by atoms with Gasteiger partial charge in [-0.3, -0.25) is 0 Å². The minimum Gasteiger partial charge on any atom is -0.300 e. The molecule has 0 aliphatic carbocycles. The average molecular weight is 248 g/mol. The molecule has 1 nitrogen and oxygen atoms in total. The van der Waals surface area contributed by atoms with Gasteiger partial charge in [0.25, 0.3) is 0 Å². The van der Waals surface area contributed by atoms with Crippen LogP contribution in [0.15, 0.2) is 18.2 Å². The van der Waals surface area contributed by atoms with E-state index < -0.39 is 0 Å². The number of rotatable bonds is 1. The first-order chi connectivity index (χ1) is 6.66. The topological polar surface area (TPSA) is 12.0 Å². The molecule has 1 aliphatic heterocycles. The van der Waals surface area contributed by atoms with E-state index in [2.05, 4.69) is 12.2 Å². The van der Waals surface area contributed by atoms with E-state index in [0.29, 0.717) is 5.25 Å². The van der Waals surface area contributed by atoms with Gasteiger partial charge in [0.2, 0.25) is 0 Å². The normalized spacial score (nSPS) is 26.8. The predicted molar refractivity (Wildman–Crippen MR) is 64.3 cm³/mol. The standard InChI is InChI=1S/C10H11Cl2NS/c1-6-5-13-10(14-6)8-4-7(11)2-3-9(8)12/h2-4,6,10,13H,5H2,1H3. The second kappa shape index (κ2) is 4.31. The minimum atomic E-state index is 0.288. The Balaban J connectivity index is 2.27. The number of hydrogen-bond acceptors (Lipinski definition) is 2. The molecule has 0 bridgehead atoms. The van der Waals surface area contributed by atoms with Crippen LogP contribution < -0.4 is 5.32 Å². The third-order valence-electron chi connectivity index (χ3n) is 2.20. The number of hydrogen-bond donors (Lipinski definition) is 1. The van der Waals surface area contributed by atoms with Gasteiger partial charge in [-0.15, -0.1) is 11.8 Å². The fraction of sp³-hybridized carbons (Fsp3) is 0.400. The Bertz CT molecular complexity index is 343. The summed E-state index contributed by atoms with van der Waals surface area (Å²) in [6.07, 6.45) is 0. The lowest BCUT2D eigenvalue weighted by atomic mass is 10.2. The van der Waals surface area contributed by atoms with E-state index in [9.17, 15) is 0 Å². The zero-order chi connectivity index (χ0) is 10.1. The molecule has 0 aromatic heterocycles. The van der Waals surface area contributed by atoms with Gasteiger partial charge in [0, 0.05) is 21.8 Å². The van der Waals surface area contributed by atoms with E-state index in [4.69, 9.17) is 23.2 Å². The third-order valence-corrected chi connectivity index (χ3v) is 4.10. The highest BCUT2D eigenvalue weighted by molar-refractivity contribution is 8.00. The van der Waals surface area contributed by atoms with Crippen molar-refractivity contribution in [2.75, 3.05) is 6.54 Å². The maximum absolute atomic E-state index is 6.11. The van der Waals surface area contributed by atoms with E-state index >= 15 is 0 Å². The number of benzene rings is 1. The molecule has 1 aliphatic rings. The fourth-order valence-corrected chi connectivity index (χ4v) is 3.16. The highest BCUT2D eigenvalue weighted by Gasteiger charge is 2.24. The monoisotopic (exact) mass is 247 g/mol. The van der Waals surface area contributed by atoms with Crippen LogP contribution in [0.3, 0.4) is 0 Å². The van der Waals surface area contributed by atoms with Gasteiger partial charge in [0.1, 0.15) is 0 Å². The van der Waals surface area contributed by atoms with Crippen molar-refractivity contribution in [1.29, 1.82) is 0 Å². The quantitative estimate of drug-likeness (QED) is 0.812. The molecule has 2 rings (SSSR count). The molecular formula is C10H11Cl2NS. The zero-order valence-corrected chi connectivity index (χ0v) is 10.1. The molecule has 0 radical (unpaired) electrons. The summed E-state index contributed by atoms with van der Waals surface area (Å²) in [5.41, 5.74) is 1.09. The van der Waals surface area contributed by atoms with Crippen molar-refractivity contribution < 1.29 is 0 Å². The Morgan fingerprint density at radius 2 is 2.21 bits per heavy atom. The Hall–Kier alpha value is 0.110. The van der Waals surface area contributed by atoms with Crippen molar-refractivity contribution in [3.8, 4) is 0 Å². The van der Waals surface area contributed by atoms with Crippen LogP contribution in [0.4, 0.5) is 0 Å². The Kier molecular flexibility index (Phi) is 3.27. The van der Waals surface area contributed by atoms with Gasteiger partial charge < -0.3 is 5.32 Å². The van der Waals surface area contributed by atoms with E-state index in [-0.39, 0.29) is 5.37 Å². The highest BCUT2D eigenvalue weighted by atomic mass is 35.5. The number of thioether (sulfide) groups is 1. The van der Waals surface area contributed by atoms with E-state index in [0.717, 1.165) is 22.2 Å². The summed E-state index contributed by atoms with van der Waals surface area (Å²) in [5, 5.41) is 5.86. The maximum Gasteiger partial charge on any atom is 0.0807 e. The SMILES string of the molecule is CC1CNC(c2cc(Cl)ccc2Cl)S1. The molecule has 1 N–H and O–H groups in total. The predicted octanol–water partition coefficient (Wildman–Crippen LogP) is 3.72. The fourth-order valence-electron chi connectivity index (χ4n) is 1.50. The summed E-state index contributed by atoms with van der Waals surface area (Å²) in [4.78, 5) is 0. The van der Waals surface area contributed by atoms with E-state index in [1.54, 1.807) is 0 Å². The van der Waals surface area contributed by atoms with Crippen LogP contribution in [0.1, 0.15) is 17.9 Å². The van der Waals surface area contributed by atoms with Gasteiger partial charge in [-0.25, -0.2) is 0 Å². The van der Waals surface area contributed by atoms with Gasteiger partial charge in [-0.2, -0.15) is 0 Å². The van der Waals surface area contributed by atoms with Gasteiger partial charge in [0.15, 0.2) is 0 Å². The molecule has 76 valence electrons. The summed E-state index contributed by atoms with van der Waals surface area (Å²) in [6, 6.07) is 5.60. The molecule has 1 heterocycles. The maximum atomic E-state index is 6.11. The van der Waals surface area contributed by atoms with Crippen LogP contribution in [0, 0.1) is 0 Å². The first-order valence-electron chi connectivity index (χ1n) is 4.50. The summed E-state index contributed by atoms with van der Waals surface area (Å²) < 4.78 is 0. The molecule has 4 heteroatoms. The largest absolute Gasteiger partial charge is 0.300 e. The molecule has 1 aromatic carbocycles. The molecule has 0 amide bonds. The van der Waals surface area contributed by atoms with Gasteiger partial charge in [-0.1, -0.05) is 30.1 Å². The molecule has 2 atom stereocenters. The smallest absolute Gasteiger partial charge is 0.0807 e. The second-order valence-corrected chi connectivity index (χ2v) is 5.79. The summed E-state index contributed by atoms with van der Waals surface area (Å²) >= 11 is 13.9. The van der Waals surface area contributed by atoms with Crippen LogP contribution in [-0.2, 0) is 0 Å². The third kappa shape index (κ3) is 2.19. The Morgan fingerprint density at radius 3 is 2.86 bits per heavy atom. The Morgan fingerprint density at radius 1 is 1.43 bits per heavy atom. The van der Waals surface area contributed by atoms with Crippen LogP contribution in [0.5, 0.6) is 0 Å². The van der Waals surface area contributed by atoms with E-state index in [1.165, 1.54) is 0 Å². The van der Waals surface area contributed by atoms with Crippen LogP contribution in [0.25, 0.3) is 0 Å². The average Bonchev–Trinajstić information content (AvgIpc) is 2.56. The van der Waals surface area contributed by atoms with Crippen LogP contribution in [-0.4, -0.2) is 11.8 Å². The summed E-state index contributed by atoms with van der Waals surface area (Å²) in [6.45, 7) is 3.23. The molecule has 2 unspecified atom stereocenters. The molecule has 1 fully saturated rings. The zero-order valence-electron chi connectivity index (χ0n) is 7.76. The van der Waals surface area contributed by atoms with Crippen LogP contribution >= 0.6 is 35.0 Å². The van der Waals surface area contributed by atoms with Crippen molar-refractivity contribution in [1.82, 2.24) is 5.32 Å². The lowest BCUT2D eigenvalue weighted by Gasteiger charge is -2.12. The molecule has 14 heavy (non-hydrogen) atoms. The van der Waals surface area contributed by atoms with Gasteiger partial charge in [-0.05, 0) is 23.8 Å². The Labute approximate surface area is 98.2 Å². The van der Waals surface area contributed by atoms with Gasteiger partial charge >= 0.3 is 0 Å². The number of halogens is 2. The first kappa shape index (κ1) is 10.6. The first-order valence-corrected chi connectivity index (χ1v) is 6.20. The number of nitrogens with one attached hydrogen (secondary N) is 1.